The predicted octanol–water partition coefficient (Wildman–Crippen LogP) is 0.817. The van der Waals surface area contributed by atoms with Gasteiger partial charge in [0.1, 0.15) is 0 Å². The fourth-order valence-corrected chi connectivity index (χ4v) is 2.19. The normalized spacial score (nSPS) is 31.7. The largest absolute Gasteiger partial charge is 0.396 e. The van der Waals surface area contributed by atoms with Crippen LogP contribution in [-0.2, 0) is 0 Å². The number of nitrogens with zero attached hydrogens (tertiary/aromatic N) is 1. The lowest BCUT2D eigenvalue weighted by molar-refractivity contribution is 0.112. The molecule has 3 atom stereocenters. The van der Waals surface area contributed by atoms with Gasteiger partial charge in [0.25, 0.3) is 0 Å². The van der Waals surface area contributed by atoms with Gasteiger partial charge in [0.15, 0.2) is 0 Å². The molecule has 0 radical (unpaired) electrons. The van der Waals surface area contributed by atoms with Gasteiger partial charge in [-0.25, -0.2) is 0 Å². The van der Waals surface area contributed by atoms with Gasteiger partial charge in [0.05, 0.1) is 0 Å². The van der Waals surface area contributed by atoms with E-state index in [1.165, 1.54) is 19.4 Å². The second kappa shape index (κ2) is 5.69. The van der Waals surface area contributed by atoms with Gasteiger partial charge in [0.2, 0.25) is 0 Å². The maximum Gasteiger partial charge on any atom is 0.0446 e. The van der Waals surface area contributed by atoms with E-state index in [4.69, 9.17) is 10.8 Å². The Bertz CT molecular complexity index is 163. The SMILES string of the molecule is CC1CCC(C)N(CC(N)CCO)C1. The molecule has 1 fully saturated rings. The van der Waals surface area contributed by atoms with Crippen molar-refractivity contribution in [2.24, 2.45) is 11.7 Å². The average molecular weight is 200 g/mol. The van der Waals surface area contributed by atoms with E-state index in [1.807, 2.05) is 0 Å². The molecule has 0 spiro atoms. The molecule has 0 aromatic heterocycles. The van der Waals surface area contributed by atoms with Gasteiger partial charge >= 0.3 is 0 Å². The van der Waals surface area contributed by atoms with Crippen LogP contribution in [0.3, 0.4) is 0 Å². The first-order chi connectivity index (χ1) is 6.63. The summed E-state index contributed by atoms with van der Waals surface area (Å²) in [6, 6.07) is 0.795. The molecule has 1 heterocycles. The van der Waals surface area contributed by atoms with Crippen molar-refractivity contribution >= 4 is 0 Å². The highest BCUT2D eigenvalue weighted by Gasteiger charge is 2.23. The van der Waals surface area contributed by atoms with Crippen LogP contribution >= 0.6 is 0 Å². The van der Waals surface area contributed by atoms with Crippen molar-refractivity contribution in [3.8, 4) is 0 Å². The molecule has 0 aromatic rings. The first-order valence-corrected chi connectivity index (χ1v) is 5.74. The summed E-state index contributed by atoms with van der Waals surface area (Å²) in [5, 5.41) is 8.79. The first kappa shape index (κ1) is 12.0. The molecule has 3 N–H and O–H groups in total. The van der Waals surface area contributed by atoms with Crippen molar-refractivity contribution in [1.29, 1.82) is 0 Å². The second-order valence-corrected chi connectivity index (χ2v) is 4.76. The third kappa shape index (κ3) is 3.56. The lowest BCUT2D eigenvalue weighted by atomic mass is 9.94. The zero-order valence-corrected chi connectivity index (χ0v) is 9.45. The molecular formula is C11H24N2O. The van der Waals surface area contributed by atoms with Gasteiger partial charge in [-0.1, -0.05) is 6.92 Å². The predicted molar refractivity (Wildman–Crippen MR) is 59.1 cm³/mol. The minimum atomic E-state index is 0.132. The summed E-state index contributed by atoms with van der Waals surface area (Å²) in [5.41, 5.74) is 5.92. The molecule has 0 saturated carbocycles. The summed E-state index contributed by atoms with van der Waals surface area (Å²) >= 11 is 0. The van der Waals surface area contributed by atoms with Gasteiger partial charge < -0.3 is 10.8 Å². The van der Waals surface area contributed by atoms with Gasteiger partial charge in [-0.05, 0) is 32.1 Å². The van der Waals surface area contributed by atoms with E-state index in [0.717, 1.165) is 18.9 Å². The van der Waals surface area contributed by atoms with E-state index in [9.17, 15) is 0 Å². The number of hydrogen-bond acceptors (Lipinski definition) is 3. The molecule has 1 saturated heterocycles. The highest BCUT2D eigenvalue weighted by molar-refractivity contribution is 4.79. The summed E-state index contributed by atoms with van der Waals surface area (Å²) in [5.74, 6) is 0.799. The van der Waals surface area contributed by atoms with Crippen LogP contribution in [-0.4, -0.2) is 41.8 Å². The molecule has 1 aliphatic rings. The number of likely N-dealkylation sites (tertiary alicyclic amines) is 1. The monoisotopic (exact) mass is 200 g/mol. The minimum Gasteiger partial charge on any atom is -0.396 e. The lowest BCUT2D eigenvalue weighted by Gasteiger charge is -2.38. The molecule has 0 aliphatic carbocycles. The molecule has 0 aromatic carbocycles. The molecule has 3 unspecified atom stereocenters. The third-order valence-electron chi connectivity index (χ3n) is 3.22. The topological polar surface area (TPSA) is 49.5 Å². The molecule has 84 valence electrons. The quantitative estimate of drug-likeness (QED) is 0.706. The molecule has 1 rings (SSSR count). The van der Waals surface area contributed by atoms with Crippen LogP contribution in [0.4, 0.5) is 0 Å². The van der Waals surface area contributed by atoms with Crippen LogP contribution < -0.4 is 5.73 Å². The van der Waals surface area contributed by atoms with E-state index in [1.54, 1.807) is 0 Å². The van der Waals surface area contributed by atoms with Gasteiger partial charge in [-0.2, -0.15) is 0 Å². The fourth-order valence-electron chi connectivity index (χ4n) is 2.19. The Morgan fingerprint density at radius 3 is 2.79 bits per heavy atom. The molecule has 14 heavy (non-hydrogen) atoms. The Labute approximate surface area is 87.3 Å². The molecule has 3 heteroatoms. The molecule has 1 aliphatic heterocycles. The van der Waals surface area contributed by atoms with Gasteiger partial charge in [0, 0.05) is 31.8 Å². The molecule has 3 nitrogen and oxygen atoms in total. The van der Waals surface area contributed by atoms with Crippen LogP contribution in [0.1, 0.15) is 33.1 Å². The molecule has 0 amide bonds. The minimum absolute atomic E-state index is 0.132. The Hall–Kier alpha value is -0.120. The first-order valence-electron chi connectivity index (χ1n) is 5.74. The third-order valence-corrected chi connectivity index (χ3v) is 3.22. The Balaban J connectivity index is 2.33. The number of aliphatic hydroxyl groups is 1. The second-order valence-electron chi connectivity index (χ2n) is 4.76. The van der Waals surface area contributed by atoms with Crippen molar-refractivity contribution < 1.29 is 5.11 Å². The number of rotatable bonds is 4. The fraction of sp³-hybridized carbons (Fsp3) is 1.00. The van der Waals surface area contributed by atoms with E-state index < -0.39 is 0 Å². The van der Waals surface area contributed by atoms with Crippen molar-refractivity contribution in [3.63, 3.8) is 0 Å². The van der Waals surface area contributed by atoms with Crippen LogP contribution in [0.25, 0.3) is 0 Å². The van der Waals surface area contributed by atoms with E-state index >= 15 is 0 Å². The van der Waals surface area contributed by atoms with Crippen molar-refractivity contribution in [2.75, 3.05) is 19.7 Å². The number of piperidine rings is 1. The highest BCUT2D eigenvalue weighted by Crippen LogP contribution is 2.21. The maximum atomic E-state index is 8.79. The standard InChI is InChI=1S/C11H24N2O/c1-9-3-4-10(2)13(7-9)8-11(12)5-6-14/h9-11,14H,3-8,12H2,1-2H3. The van der Waals surface area contributed by atoms with Crippen LogP contribution in [0.2, 0.25) is 0 Å². The molecular weight excluding hydrogens is 176 g/mol. The number of hydrogen-bond donors (Lipinski definition) is 2. The van der Waals surface area contributed by atoms with Gasteiger partial charge in [-0.15, -0.1) is 0 Å². The maximum absolute atomic E-state index is 8.79. The summed E-state index contributed by atoms with van der Waals surface area (Å²) < 4.78 is 0. The zero-order chi connectivity index (χ0) is 10.6. The summed E-state index contributed by atoms with van der Waals surface area (Å²) in [6.45, 7) is 6.89. The van der Waals surface area contributed by atoms with E-state index in [2.05, 4.69) is 18.7 Å². The Kier molecular flexibility index (Phi) is 4.85. The van der Waals surface area contributed by atoms with Crippen molar-refractivity contribution in [1.82, 2.24) is 4.90 Å². The Morgan fingerprint density at radius 1 is 1.43 bits per heavy atom. The zero-order valence-electron chi connectivity index (χ0n) is 9.45. The average Bonchev–Trinajstić information content (AvgIpc) is 2.12. The van der Waals surface area contributed by atoms with Crippen LogP contribution in [0.15, 0.2) is 0 Å². The smallest absolute Gasteiger partial charge is 0.0446 e. The van der Waals surface area contributed by atoms with E-state index in [-0.39, 0.29) is 12.6 Å². The van der Waals surface area contributed by atoms with E-state index in [0.29, 0.717) is 6.04 Å². The summed E-state index contributed by atoms with van der Waals surface area (Å²) in [7, 11) is 0. The van der Waals surface area contributed by atoms with Crippen molar-refractivity contribution in [3.05, 3.63) is 0 Å². The summed E-state index contributed by atoms with van der Waals surface area (Å²) in [4.78, 5) is 2.47. The number of aliphatic hydroxyl groups excluding tert-OH is 1. The Morgan fingerprint density at radius 2 is 2.14 bits per heavy atom. The molecule has 0 bridgehead atoms. The van der Waals surface area contributed by atoms with Crippen LogP contribution in [0, 0.1) is 5.92 Å². The van der Waals surface area contributed by atoms with Crippen molar-refractivity contribution in [2.45, 2.75) is 45.2 Å². The number of nitrogens with two attached hydrogens (primary N) is 1. The summed E-state index contributed by atoms with van der Waals surface area (Å²) in [6.07, 6.45) is 3.34. The highest BCUT2D eigenvalue weighted by atomic mass is 16.3. The van der Waals surface area contributed by atoms with Crippen LogP contribution in [0.5, 0.6) is 0 Å². The van der Waals surface area contributed by atoms with Gasteiger partial charge in [-0.3, -0.25) is 4.90 Å². The lowest BCUT2D eigenvalue weighted by Crippen LogP contribution is -2.47.